The van der Waals surface area contributed by atoms with E-state index < -0.39 is 15.6 Å². The van der Waals surface area contributed by atoms with Crippen molar-refractivity contribution < 1.29 is 41.1 Å². The van der Waals surface area contributed by atoms with E-state index in [-0.39, 0.29) is 6.61 Å². The zero-order chi connectivity index (χ0) is 25.8. The van der Waals surface area contributed by atoms with E-state index >= 15 is 0 Å². The average molecular weight is 533 g/mol. The third-order valence-electron chi connectivity index (χ3n) is 5.51. The smallest absolute Gasteiger partial charge is 0.329 e. The molecule has 0 heterocycles. The Bertz CT molecular complexity index is 572. The third kappa shape index (κ3) is 22.6. The Labute approximate surface area is 208 Å². The molecule has 1 N–H and O–H groups in total. The Morgan fingerprint density at radius 1 is 0.559 bits per heavy atom. The van der Waals surface area contributed by atoms with Gasteiger partial charge in [-0.25, -0.2) is 9.13 Å². The first-order valence-corrected chi connectivity index (χ1v) is 15.8. The fraction of sp³-hybridized carbons (Fsp3) is 1.00. The van der Waals surface area contributed by atoms with Crippen LogP contribution >= 0.6 is 15.6 Å². The Morgan fingerprint density at radius 3 is 1.26 bits per heavy atom. The summed E-state index contributed by atoms with van der Waals surface area (Å²) < 4.78 is 49.1. The molecular weight excluding hydrogens is 480 g/mol. The molecule has 0 aromatic carbocycles. The van der Waals surface area contributed by atoms with E-state index in [1.807, 2.05) is 0 Å². The number of nitrogens with zero attached hydrogens (tertiary/aromatic N) is 1. The molecule has 0 bridgehead atoms. The lowest BCUT2D eigenvalue weighted by molar-refractivity contribution is -0.870. The minimum absolute atomic E-state index is 0.272. The van der Waals surface area contributed by atoms with Gasteiger partial charge in [-0.2, -0.15) is 0 Å². The fourth-order valence-electron chi connectivity index (χ4n) is 3.30. The van der Waals surface area contributed by atoms with Crippen molar-refractivity contribution in [1.29, 1.82) is 0 Å². The summed E-state index contributed by atoms with van der Waals surface area (Å²) in [6.45, 7) is 1.75. The topological polar surface area (TPSA) is 101 Å². The summed E-state index contributed by atoms with van der Waals surface area (Å²) in [5.41, 5.74) is 0. The van der Waals surface area contributed by atoms with Crippen LogP contribution < -0.4 is 0 Å². The first-order valence-electron chi connectivity index (χ1n) is 12.8. The monoisotopic (exact) mass is 532 g/mol. The normalized spacial score (nSPS) is 15.8. The van der Waals surface area contributed by atoms with Crippen molar-refractivity contribution in [1.82, 2.24) is 0 Å². The average Bonchev–Trinajstić information content (AvgIpc) is 2.77. The van der Waals surface area contributed by atoms with E-state index in [4.69, 9.17) is 23.0 Å². The van der Waals surface area contributed by atoms with Crippen molar-refractivity contribution in [2.24, 2.45) is 0 Å². The van der Waals surface area contributed by atoms with Crippen molar-refractivity contribution in [3.05, 3.63) is 0 Å². The van der Waals surface area contributed by atoms with Crippen LogP contribution in [0.1, 0.15) is 89.9 Å². The van der Waals surface area contributed by atoms with Crippen LogP contribution in [0.25, 0.3) is 0 Å². The summed E-state index contributed by atoms with van der Waals surface area (Å²) in [6.07, 6.45) is 16.1. The van der Waals surface area contributed by atoms with Crippen molar-refractivity contribution in [2.45, 2.75) is 89.9 Å². The lowest BCUT2D eigenvalue weighted by Crippen LogP contribution is -2.37. The van der Waals surface area contributed by atoms with Crippen molar-refractivity contribution in [3.63, 3.8) is 0 Å². The molecule has 34 heavy (non-hydrogen) atoms. The number of quaternary nitrogens is 1. The Kier molecular flexibility index (Phi) is 20.4. The van der Waals surface area contributed by atoms with E-state index in [9.17, 15) is 9.13 Å². The molecule has 0 saturated carbocycles. The van der Waals surface area contributed by atoms with Crippen LogP contribution in [0, 0.1) is 0 Å². The maximum absolute atomic E-state index is 12.4. The molecule has 0 fully saturated rings. The molecule has 11 heteroatoms. The first kappa shape index (κ1) is 34.2. The lowest BCUT2D eigenvalue weighted by atomic mass is 10.0. The molecule has 0 amide bonds. The van der Waals surface area contributed by atoms with Crippen LogP contribution in [0.2, 0.25) is 0 Å². The maximum Gasteiger partial charge on any atom is 0.474 e. The van der Waals surface area contributed by atoms with Crippen LogP contribution in [0.3, 0.4) is 0 Å². The summed E-state index contributed by atoms with van der Waals surface area (Å²) in [6, 6.07) is 0. The van der Waals surface area contributed by atoms with Crippen LogP contribution in [-0.2, 0) is 31.7 Å². The molecule has 2 atom stereocenters. The number of rotatable bonds is 25. The quantitative estimate of drug-likeness (QED) is 0.0787. The number of phosphoric ester groups is 2. The summed E-state index contributed by atoms with van der Waals surface area (Å²) in [4.78, 5) is 9.11. The summed E-state index contributed by atoms with van der Waals surface area (Å²) in [5.74, 6) is 0. The highest BCUT2D eigenvalue weighted by molar-refractivity contribution is 7.48. The molecule has 0 rings (SSSR count). The lowest BCUT2D eigenvalue weighted by Gasteiger charge is -2.24. The molecule has 0 saturated heterocycles. The molecule has 0 aromatic rings. The van der Waals surface area contributed by atoms with Crippen LogP contribution in [0.4, 0.5) is 0 Å². The SMILES string of the molecule is COP(=O)(O)OCCCCCCCCCCCCCCCCOP(=O)(OC)OCC[N+](C)(C)C. The van der Waals surface area contributed by atoms with Crippen molar-refractivity contribution >= 4 is 15.6 Å². The summed E-state index contributed by atoms with van der Waals surface area (Å²) in [5, 5.41) is 0. The van der Waals surface area contributed by atoms with Crippen LogP contribution in [0.15, 0.2) is 0 Å². The molecule has 0 aliphatic rings. The highest BCUT2D eigenvalue weighted by Crippen LogP contribution is 2.48. The van der Waals surface area contributed by atoms with Crippen molar-refractivity contribution in [3.8, 4) is 0 Å². The zero-order valence-electron chi connectivity index (χ0n) is 22.4. The zero-order valence-corrected chi connectivity index (χ0v) is 24.2. The van der Waals surface area contributed by atoms with Crippen LogP contribution in [-0.4, -0.2) is 71.1 Å². The predicted octanol–water partition coefficient (Wildman–Crippen LogP) is 6.71. The van der Waals surface area contributed by atoms with Gasteiger partial charge in [-0.05, 0) is 12.8 Å². The van der Waals surface area contributed by atoms with Gasteiger partial charge >= 0.3 is 15.6 Å². The van der Waals surface area contributed by atoms with Gasteiger partial charge in [0, 0.05) is 14.2 Å². The minimum Gasteiger partial charge on any atom is -0.329 e. The standard InChI is InChI=1S/C23H51NO8P2/c1-24(2,3)20-23-32-34(27,29-5)31-22-19-17-15-13-11-9-7-6-8-10-12-14-16-18-21-30-33(25,26)28-4/h6-23H2,1-5H3/p+1. The highest BCUT2D eigenvalue weighted by atomic mass is 31.2. The van der Waals surface area contributed by atoms with Gasteiger partial charge in [0.15, 0.2) is 0 Å². The van der Waals surface area contributed by atoms with Crippen LogP contribution in [0.5, 0.6) is 0 Å². The van der Waals surface area contributed by atoms with Gasteiger partial charge in [0.25, 0.3) is 0 Å². The second-order valence-corrected chi connectivity index (χ2v) is 13.1. The van der Waals surface area contributed by atoms with E-state index in [1.54, 1.807) is 0 Å². The number of phosphoric acid groups is 2. The summed E-state index contributed by atoms with van der Waals surface area (Å²) >= 11 is 0. The Morgan fingerprint density at radius 2 is 0.912 bits per heavy atom. The minimum atomic E-state index is -3.80. The number of unbranched alkanes of at least 4 members (excludes halogenated alkanes) is 13. The van der Waals surface area contributed by atoms with E-state index in [1.165, 1.54) is 72.0 Å². The van der Waals surface area contributed by atoms with Gasteiger partial charge in [-0.1, -0.05) is 77.0 Å². The fourth-order valence-corrected chi connectivity index (χ4v) is 4.71. The highest BCUT2D eigenvalue weighted by Gasteiger charge is 2.25. The Balaban J connectivity index is 3.40. The van der Waals surface area contributed by atoms with Gasteiger partial charge in [-0.3, -0.25) is 22.6 Å². The van der Waals surface area contributed by atoms with E-state index in [0.29, 0.717) is 13.2 Å². The second kappa shape index (κ2) is 20.3. The van der Waals surface area contributed by atoms with Gasteiger partial charge in [0.05, 0.1) is 34.4 Å². The second-order valence-electron chi connectivity index (χ2n) is 9.74. The molecule has 9 nitrogen and oxygen atoms in total. The molecule has 0 aliphatic carbocycles. The van der Waals surface area contributed by atoms with E-state index in [0.717, 1.165) is 43.1 Å². The number of likely N-dealkylation sites (N-methyl/N-ethyl adjacent to an activating group) is 1. The molecule has 0 aliphatic heterocycles. The number of hydrogen-bond acceptors (Lipinski definition) is 7. The van der Waals surface area contributed by atoms with Gasteiger partial charge < -0.3 is 9.38 Å². The number of hydrogen-bond donors (Lipinski definition) is 1. The Hall–Kier alpha value is 0.180. The maximum atomic E-state index is 12.4. The molecule has 2 unspecified atom stereocenters. The predicted molar refractivity (Wildman–Crippen MR) is 137 cm³/mol. The van der Waals surface area contributed by atoms with Gasteiger partial charge in [0.1, 0.15) is 13.2 Å². The molecule has 0 aromatic heterocycles. The third-order valence-corrected chi connectivity index (χ3v) is 7.92. The van der Waals surface area contributed by atoms with Gasteiger partial charge in [-0.15, -0.1) is 0 Å². The molecule has 0 spiro atoms. The first-order chi connectivity index (χ1) is 16.0. The van der Waals surface area contributed by atoms with Crippen molar-refractivity contribution in [2.75, 3.05) is 61.7 Å². The molecule has 206 valence electrons. The van der Waals surface area contributed by atoms with E-state index in [2.05, 4.69) is 25.7 Å². The summed E-state index contributed by atoms with van der Waals surface area (Å²) in [7, 11) is 1.47. The molecular formula is C23H52NO8P2+. The largest absolute Gasteiger partial charge is 0.474 e. The van der Waals surface area contributed by atoms with Gasteiger partial charge in [0.2, 0.25) is 0 Å². The molecule has 0 radical (unpaired) electrons.